The molecular weight excluding hydrogens is 163 g/mol. The van der Waals surface area contributed by atoms with Crippen molar-refractivity contribution in [3.05, 3.63) is 35.6 Å². The van der Waals surface area contributed by atoms with Gasteiger partial charge in [-0.05, 0) is 24.0 Å². The van der Waals surface area contributed by atoms with Gasteiger partial charge in [-0.15, -0.1) is 0 Å². The van der Waals surface area contributed by atoms with Gasteiger partial charge in [0.2, 0.25) is 0 Å². The minimum atomic E-state index is -0.0822. The molecule has 0 amide bonds. The Morgan fingerprint density at radius 3 is 2.15 bits per heavy atom. The molecule has 0 saturated carbocycles. The van der Waals surface area contributed by atoms with E-state index in [1.54, 1.807) is 6.07 Å². The maximum absolute atomic E-state index is 12.9. The lowest BCUT2D eigenvalue weighted by atomic mass is 10.0. The number of benzene rings is 1. The highest BCUT2D eigenvalue weighted by Crippen LogP contribution is 2.11. The van der Waals surface area contributed by atoms with Crippen molar-refractivity contribution in [1.82, 2.24) is 0 Å². The van der Waals surface area contributed by atoms with Crippen LogP contribution in [0, 0.1) is 11.7 Å². The van der Waals surface area contributed by atoms with Gasteiger partial charge < -0.3 is 0 Å². The lowest BCUT2D eigenvalue weighted by molar-refractivity contribution is 0.574. The van der Waals surface area contributed by atoms with Crippen molar-refractivity contribution >= 4 is 0 Å². The SMILES string of the molecule is CC.CC(C)Cc1ccccc1F. The van der Waals surface area contributed by atoms with Gasteiger partial charge in [0.25, 0.3) is 0 Å². The summed E-state index contributed by atoms with van der Waals surface area (Å²) in [5, 5.41) is 0. The molecule has 0 aromatic heterocycles. The van der Waals surface area contributed by atoms with Crippen molar-refractivity contribution < 1.29 is 4.39 Å². The summed E-state index contributed by atoms with van der Waals surface area (Å²) < 4.78 is 12.9. The van der Waals surface area contributed by atoms with Crippen LogP contribution in [-0.4, -0.2) is 0 Å². The largest absolute Gasteiger partial charge is 0.207 e. The molecule has 13 heavy (non-hydrogen) atoms. The van der Waals surface area contributed by atoms with Crippen molar-refractivity contribution in [3.63, 3.8) is 0 Å². The number of rotatable bonds is 2. The van der Waals surface area contributed by atoms with Crippen LogP contribution in [0.3, 0.4) is 0 Å². The smallest absolute Gasteiger partial charge is 0.126 e. The third-order valence-electron chi connectivity index (χ3n) is 1.59. The van der Waals surface area contributed by atoms with Crippen LogP contribution >= 0.6 is 0 Å². The first-order chi connectivity index (χ1) is 6.20. The third kappa shape index (κ3) is 4.66. The van der Waals surface area contributed by atoms with Crippen LogP contribution in [0.25, 0.3) is 0 Å². The highest BCUT2D eigenvalue weighted by Gasteiger charge is 2.01. The van der Waals surface area contributed by atoms with Gasteiger partial charge in [-0.1, -0.05) is 45.9 Å². The van der Waals surface area contributed by atoms with Crippen molar-refractivity contribution in [3.8, 4) is 0 Å². The topological polar surface area (TPSA) is 0 Å². The van der Waals surface area contributed by atoms with E-state index in [9.17, 15) is 4.39 Å². The lowest BCUT2D eigenvalue weighted by Crippen LogP contribution is -1.96. The molecule has 0 bridgehead atoms. The Morgan fingerprint density at radius 1 is 1.15 bits per heavy atom. The highest BCUT2D eigenvalue weighted by molar-refractivity contribution is 5.17. The fourth-order valence-corrected chi connectivity index (χ4v) is 1.10. The molecule has 0 nitrogen and oxygen atoms in total. The van der Waals surface area contributed by atoms with Crippen molar-refractivity contribution in [2.75, 3.05) is 0 Å². The molecule has 0 N–H and O–H groups in total. The molecule has 1 heteroatoms. The van der Waals surface area contributed by atoms with Crippen molar-refractivity contribution in [1.29, 1.82) is 0 Å². The van der Waals surface area contributed by atoms with Crippen LogP contribution in [0.1, 0.15) is 33.3 Å². The van der Waals surface area contributed by atoms with Gasteiger partial charge in [0.1, 0.15) is 5.82 Å². The monoisotopic (exact) mass is 182 g/mol. The van der Waals surface area contributed by atoms with Gasteiger partial charge in [-0.25, -0.2) is 4.39 Å². The summed E-state index contributed by atoms with van der Waals surface area (Å²) in [4.78, 5) is 0. The molecule has 1 rings (SSSR count). The first-order valence-electron chi connectivity index (χ1n) is 4.93. The van der Waals surface area contributed by atoms with Gasteiger partial charge >= 0.3 is 0 Å². The van der Waals surface area contributed by atoms with Gasteiger partial charge in [0.05, 0.1) is 0 Å². The van der Waals surface area contributed by atoms with E-state index in [0.29, 0.717) is 5.92 Å². The zero-order chi connectivity index (χ0) is 10.3. The fraction of sp³-hybridized carbons (Fsp3) is 0.500. The van der Waals surface area contributed by atoms with Crippen molar-refractivity contribution in [2.24, 2.45) is 5.92 Å². The van der Waals surface area contributed by atoms with Crippen LogP contribution < -0.4 is 0 Å². The summed E-state index contributed by atoms with van der Waals surface area (Å²) in [5.74, 6) is 0.438. The molecule has 0 saturated heterocycles. The van der Waals surface area contributed by atoms with Crippen LogP contribution in [0.4, 0.5) is 4.39 Å². The summed E-state index contributed by atoms with van der Waals surface area (Å²) >= 11 is 0. The second-order valence-electron chi connectivity index (χ2n) is 3.19. The van der Waals surface area contributed by atoms with E-state index in [-0.39, 0.29) is 5.82 Å². The molecule has 0 heterocycles. The quantitative estimate of drug-likeness (QED) is 0.647. The molecule has 0 spiro atoms. The highest BCUT2D eigenvalue weighted by atomic mass is 19.1. The van der Waals surface area contributed by atoms with Gasteiger partial charge in [-0.3, -0.25) is 0 Å². The predicted octanol–water partition coefficient (Wildman–Crippen LogP) is 4.05. The van der Waals surface area contributed by atoms with E-state index in [0.717, 1.165) is 12.0 Å². The Balaban J connectivity index is 0.000000671. The molecule has 0 unspecified atom stereocenters. The third-order valence-corrected chi connectivity index (χ3v) is 1.59. The molecule has 0 atom stereocenters. The maximum Gasteiger partial charge on any atom is 0.126 e. The van der Waals surface area contributed by atoms with Gasteiger partial charge in [-0.2, -0.15) is 0 Å². The van der Waals surface area contributed by atoms with Crippen LogP contribution in [0.15, 0.2) is 24.3 Å². The maximum atomic E-state index is 12.9. The standard InChI is InChI=1S/C10H13F.C2H6/c1-8(2)7-9-5-3-4-6-10(9)11;1-2/h3-6,8H,7H2,1-2H3;1-2H3. The summed E-state index contributed by atoms with van der Waals surface area (Å²) in [6.45, 7) is 8.18. The minimum Gasteiger partial charge on any atom is -0.207 e. The Kier molecular flexibility index (Phi) is 6.21. The molecule has 0 aliphatic carbocycles. The molecule has 1 aromatic rings. The van der Waals surface area contributed by atoms with E-state index in [1.807, 2.05) is 26.0 Å². The lowest BCUT2D eigenvalue weighted by Gasteiger charge is -2.04. The minimum absolute atomic E-state index is 0.0822. The van der Waals surface area contributed by atoms with E-state index >= 15 is 0 Å². The van der Waals surface area contributed by atoms with Crippen LogP contribution in [0.5, 0.6) is 0 Å². The number of halogens is 1. The van der Waals surface area contributed by atoms with E-state index < -0.39 is 0 Å². The number of hydrogen-bond acceptors (Lipinski definition) is 0. The molecule has 0 aliphatic rings. The summed E-state index contributed by atoms with van der Waals surface area (Å²) in [7, 11) is 0. The van der Waals surface area contributed by atoms with E-state index in [4.69, 9.17) is 0 Å². The molecule has 74 valence electrons. The second-order valence-corrected chi connectivity index (χ2v) is 3.19. The Bertz CT molecular complexity index is 228. The molecular formula is C12H19F. The Labute approximate surface area is 80.8 Å². The van der Waals surface area contributed by atoms with Gasteiger partial charge in [0.15, 0.2) is 0 Å². The van der Waals surface area contributed by atoms with E-state index in [2.05, 4.69) is 13.8 Å². The zero-order valence-corrected chi connectivity index (χ0v) is 8.97. The first kappa shape index (κ1) is 12.2. The molecule has 0 fully saturated rings. The van der Waals surface area contributed by atoms with Crippen LogP contribution in [-0.2, 0) is 6.42 Å². The Morgan fingerprint density at radius 2 is 1.69 bits per heavy atom. The average molecular weight is 182 g/mol. The summed E-state index contributed by atoms with van der Waals surface area (Å²) in [5.41, 5.74) is 0.822. The molecule has 0 radical (unpaired) electrons. The van der Waals surface area contributed by atoms with E-state index in [1.165, 1.54) is 6.07 Å². The Hall–Kier alpha value is -0.850. The molecule has 1 aromatic carbocycles. The van der Waals surface area contributed by atoms with Crippen molar-refractivity contribution in [2.45, 2.75) is 34.1 Å². The van der Waals surface area contributed by atoms with Crippen LogP contribution in [0.2, 0.25) is 0 Å². The second kappa shape index (κ2) is 6.64. The normalized spacial score (nSPS) is 9.38. The summed E-state index contributed by atoms with van der Waals surface area (Å²) in [6, 6.07) is 6.95. The first-order valence-corrected chi connectivity index (χ1v) is 4.93. The zero-order valence-electron chi connectivity index (χ0n) is 8.97. The number of hydrogen-bond donors (Lipinski definition) is 0. The molecule has 0 aliphatic heterocycles. The van der Waals surface area contributed by atoms with Gasteiger partial charge in [0, 0.05) is 0 Å². The average Bonchev–Trinajstić information content (AvgIpc) is 2.12. The summed E-state index contributed by atoms with van der Waals surface area (Å²) in [6.07, 6.45) is 0.826. The predicted molar refractivity (Wildman–Crippen MR) is 56.3 cm³/mol. The fourth-order valence-electron chi connectivity index (χ4n) is 1.10.